The van der Waals surface area contributed by atoms with E-state index in [0.29, 0.717) is 12.0 Å². The molecule has 4 nitrogen and oxygen atoms in total. The van der Waals surface area contributed by atoms with Crippen LogP contribution >= 0.6 is 0 Å². The van der Waals surface area contributed by atoms with Gasteiger partial charge < -0.3 is 10.2 Å². The first-order valence-corrected chi connectivity index (χ1v) is 3.84. The second kappa shape index (κ2) is 3.05. The van der Waals surface area contributed by atoms with Gasteiger partial charge in [-0.1, -0.05) is 24.3 Å². The molecule has 1 aliphatic rings. The van der Waals surface area contributed by atoms with Gasteiger partial charge in [0.1, 0.15) is 0 Å². The molecule has 0 aromatic rings. The van der Waals surface area contributed by atoms with E-state index in [1.807, 2.05) is 0 Å². The summed E-state index contributed by atoms with van der Waals surface area (Å²) in [5.74, 6) is -2.62. The zero-order valence-corrected chi connectivity index (χ0v) is 6.99. The van der Waals surface area contributed by atoms with Crippen LogP contribution in [0, 0.1) is 5.41 Å². The number of carboxylic acid groups (broad SMARTS) is 2. The lowest BCUT2D eigenvalue weighted by atomic mass is 9.88. The van der Waals surface area contributed by atoms with Gasteiger partial charge in [0.05, 0.1) is 0 Å². The molecule has 13 heavy (non-hydrogen) atoms. The first kappa shape index (κ1) is 9.51. The highest BCUT2D eigenvalue weighted by molar-refractivity contribution is 6.01. The van der Waals surface area contributed by atoms with Gasteiger partial charge >= 0.3 is 11.9 Å². The summed E-state index contributed by atoms with van der Waals surface area (Å²) in [6.45, 7) is 3.47. The number of allylic oxidation sites excluding steroid dienone is 2. The first-order chi connectivity index (χ1) is 6.03. The minimum Gasteiger partial charge on any atom is -0.480 e. The third-order valence-corrected chi connectivity index (χ3v) is 2.27. The average Bonchev–Trinajstić information content (AvgIpc) is 2.48. The zero-order chi connectivity index (χ0) is 10.1. The first-order valence-electron chi connectivity index (χ1n) is 3.84. The van der Waals surface area contributed by atoms with Gasteiger partial charge in [-0.15, -0.1) is 0 Å². The van der Waals surface area contributed by atoms with Crippen LogP contribution in [-0.4, -0.2) is 22.2 Å². The minimum absolute atomic E-state index is 0.110. The van der Waals surface area contributed by atoms with Gasteiger partial charge in [0.2, 0.25) is 0 Å². The van der Waals surface area contributed by atoms with Crippen molar-refractivity contribution in [2.24, 2.45) is 5.41 Å². The molecule has 0 amide bonds. The zero-order valence-electron chi connectivity index (χ0n) is 6.99. The Morgan fingerprint density at radius 2 is 2.00 bits per heavy atom. The SMILES string of the molecule is C=CC1=CC(C(=O)O)(C(=O)O)CC1. The van der Waals surface area contributed by atoms with Crippen molar-refractivity contribution in [3.05, 3.63) is 24.3 Å². The summed E-state index contributed by atoms with van der Waals surface area (Å²) in [6, 6.07) is 0. The van der Waals surface area contributed by atoms with Crippen molar-refractivity contribution in [3.63, 3.8) is 0 Å². The standard InChI is InChI=1S/C9H10O4/c1-2-6-3-4-9(5-6,7(10)11)8(12)13/h2,5H,1,3-4H2,(H,10,11)(H,12,13). The van der Waals surface area contributed by atoms with E-state index in [2.05, 4.69) is 6.58 Å². The van der Waals surface area contributed by atoms with E-state index in [0.717, 1.165) is 0 Å². The van der Waals surface area contributed by atoms with E-state index in [4.69, 9.17) is 10.2 Å². The number of carbonyl (C=O) groups is 2. The summed E-state index contributed by atoms with van der Waals surface area (Å²) >= 11 is 0. The summed E-state index contributed by atoms with van der Waals surface area (Å²) in [4.78, 5) is 21.5. The van der Waals surface area contributed by atoms with E-state index in [-0.39, 0.29) is 6.42 Å². The molecular formula is C9H10O4. The van der Waals surface area contributed by atoms with Crippen LogP contribution < -0.4 is 0 Å². The average molecular weight is 182 g/mol. The molecule has 0 bridgehead atoms. The lowest BCUT2D eigenvalue weighted by Crippen LogP contribution is -2.35. The monoisotopic (exact) mass is 182 g/mol. The Morgan fingerprint density at radius 3 is 2.23 bits per heavy atom. The molecule has 0 saturated carbocycles. The van der Waals surface area contributed by atoms with Crippen LogP contribution in [0.5, 0.6) is 0 Å². The minimum atomic E-state index is -1.73. The Balaban J connectivity index is 3.09. The fourth-order valence-electron chi connectivity index (χ4n) is 1.39. The van der Waals surface area contributed by atoms with Gasteiger partial charge in [0.25, 0.3) is 0 Å². The quantitative estimate of drug-likeness (QED) is 0.639. The van der Waals surface area contributed by atoms with Gasteiger partial charge in [-0.3, -0.25) is 9.59 Å². The topological polar surface area (TPSA) is 74.6 Å². The molecule has 70 valence electrons. The van der Waals surface area contributed by atoms with Crippen molar-refractivity contribution in [2.75, 3.05) is 0 Å². The molecule has 0 fully saturated rings. The highest BCUT2D eigenvalue weighted by Crippen LogP contribution is 2.37. The largest absolute Gasteiger partial charge is 0.480 e. The molecule has 0 aromatic carbocycles. The molecule has 0 unspecified atom stereocenters. The fraction of sp³-hybridized carbons (Fsp3) is 0.333. The van der Waals surface area contributed by atoms with Crippen LogP contribution in [0.1, 0.15) is 12.8 Å². The smallest absolute Gasteiger partial charge is 0.325 e. The highest BCUT2D eigenvalue weighted by atomic mass is 16.4. The second-order valence-electron chi connectivity index (χ2n) is 3.01. The molecule has 4 heteroatoms. The van der Waals surface area contributed by atoms with Gasteiger partial charge in [-0.05, 0) is 12.8 Å². The number of hydrogen-bond donors (Lipinski definition) is 2. The molecule has 2 N–H and O–H groups in total. The van der Waals surface area contributed by atoms with Crippen molar-refractivity contribution in [1.82, 2.24) is 0 Å². The molecule has 0 spiro atoms. The van der Waals surface area contributed by atoms with E-state index < -0.39 is 17.4 Å². The van der Waals surface area contributed by atoms with Crippen molar-refractivity contribution in [1.29, 1.82) is 0 Å². The van der Waals surface area contributed by atoms with Crippen molar-refractivity contribution in [2.45, 2.75) is 12.8 Å². The number of aliphatic carboxylic acids is 2. The van der Waals surface area contributed by atoms with Gasteiger partial charge in [-0.25, -0.2) is 0 Å². The maximum absolute atomic E-state index is 10.8. The number of rotatable bonds is 3. The van der Waals surface area contributed by atoms with E-state index >= 15 is 0 Å². The molecular weight excluding hydrogens is 172 g/mol. The van der Waals surface area contributed by atoms with Crippen LogP contribution in [0.3, 0.4) is 0 Å². The molecule has 1 aliphatic carbocycles. The molecule has 0 aliphatic heterocycles. The summed E-state index contributed by atoms with van der Waals surface area (Å²) in [5, 5.41) is 17.6. The van der Waals surface area contributed by atoms with Gasteiger partial charge in [0.15, 0.2) is 5.41 Å². The molecule has 0 radical (unpaired) electrons. The van der Waals surface area contributed by atoms with Gasteiger partial charge in [0, 0.05) is 0 Å². The summed E-state index contributed by atoms with van der Waals surface area (Å²) in [7, 11) is 0. The van der Waals surface area contributed by atoms with Crippen LogP contribution in [-0.2, 0) is 9.59 Å². The van der Waals surface area contributed by atoms with Crippen LogP contribution in [0.2, 0.25) is 0 Å². The Morgan fingerprint density at radius 1 is 1.46 bits per heavy atom. The Kier molecular flexibility index (Phi) is 2.23. The predicted molar refractivity (Wildman–Crippen MR) is 45.2 cm³/mol. The highest BCUT2D eigenvalue weighted by Gasteiger charge is 2.47. The Labute approximate surface area is 75.2 Å². The molecule has 0 atom stereocenters. The Hall–Kier alpha value is -1.58. The number of carboxylic acids is 2. The van der Waals surface area contributed by atoms with Crippen molar-refractivity contribution < 1.29 is 19.8 Å². The number of hydrogen-bond acceptors (Lipinski definition) is 2. The summed E-state index contributed by atoms with van der Waals surface area (Å²) in [5.41, 5.74) is -1.05. The lowest BCUT2D eigenvalue weighted by molar-refractivity contribution is -0.160. The van der Waals surface area contributed by atoms with Crippen molar-refractivity contribution >= 4 is 11.9 Å². The van der Waals surface area contributed by atoms with E-state index in [9.17, 15) is 9.59 Å². The Bertz CT molecular complexity index is 287. The second-order valence-corrected chi connectivity index (χ2v) is 3.01. The molecule has 1 rings (SSSR count). The lowest BCUT2D eigenvalue weighted by Gasteiger charge is -2.15. The maximum atomic E-state index is 10.8. The third-order valence-electron chi connectivity index (χ3n) is 2.27. The van der Waals surface area contributed by atoms with E-state index in [1.54, 1.807) is 0 Å². The van der Waals surface area contributed by atoms with Crippen LogP contribution in [0.15, 0.2) is 24.3 Å². The summed E-state index contributed by atoms with van der Waals surface area (Å²) in [6.07, 6.45) is 3.33. The summed E-state index contributed by atoms with van der Waals surface area (Å²) < 4.78 is 0. The van der Waals surface area contributed by atoms with E-state index in [1.165, 1.54) is 12.2 Å². The maximum Gasteiger partial charge on any atom is 0.325 e. The van der Waals surface area contributed by atoms with Crippen LogP contribution in [0.25, 0.3) is 0 Å². The molecule has 0 heterocycles. The van der Waals surface area contributed by atoms with Gasteiger partial charge in [-0.2, -0.15) is 0 Å². The van der Waals surface area contributed by atoms with Crippen LogP contribution in [0.4, 0.5) is 0 Å². The fourth-order valence-corrected chi connectivity index (χ4v) is 1.39. The normalized spacial score (nSPS) is 19.2. The predicted octanol–water partition coefficient (Wildman–Crippen LogP) is 1.05. The third kappa shape index (κ3) is 1.35. The molecule has 0 aromatic heterocycles. The van der Waals surface area contributed by atoms with Crippen molar-refractivity contribution in [3.8, 4) is 0 Å². The molecule has 0 saturated heterocycles.